The van der Waals surface area contributed by atoms with Crippen LogP contribution in [0.15, 0.2) is 70.7 Å². The van der Waals surface area contributed by atoms with Crippen molar-refractivity contribution in [1.82, 2.24) is 14.4 Å². The molecule has 2 fully saturated rings. The molecule has 0 unspecified atom stereocenters. The highest BCUT2D eigenvalue weighted by Crippen LogP contribution is 2.35. The summed E-state index contributed by atoms with van der Waals surface area (Å²) in [6, 6.07) is 17.6. The van der Waals surface area contributed by atoms with Gasteiger partial charge in [0.2, 0.25) is 5.91 Å². The van der Waals surface area contributed by atoms with Gasteiger partial charge in [0.1, 0.15) is 6.54 Å². The van der Waals surface area contributed by atoms with Crippen molar-refractivity contribution in [3.05, 3.63) is 71.3 Å². The van der Waals surface area contributed by atoms with Crippen LogP contribution in [0.3, 0.4) is 0 Å². The van der Waals surface area contributed by atoms with Crippen LogP contribution in [0.1, 0.15) is 12.5 Å². The number of hydrogen-bond donors (Lipinski definition) is 0. The van der Waals surface area contributed by atoms with Crippen molar-refractivity contribution in [2.24, 2.45) is 4.99 Å². The molecule has 0 saturated carbocycles. The highest BCUT2D eigenvalue weighted by molar-refractivity contribution is 8.18. The van der Waals surface area contributed by atoms with Gasteiger partial charge >= 0.3 is 0 Å². The molecule has 2 aliphatic rings. The zero-order valence-corrected chi connectivity index (χ0v) is 19.8. The van der Waals surface area contributed by atoms with E-state index in [0.717, 1.165) is 22.2 Å². The maximum absolute atomic E-state index is 13.1. The van der Waals surface area contributed by atoms with Gasteiger partial charge < -0.3 is 14.2 Å². The number of para-hydroxylation sites is 2. The van der Waals surface area contributed by atoms with Crippen LogP contribution < -0.4 is 0 Å². The highest BCUT2D eigenvalue weighted by atomic mass is 32.2. The lowest BCUT2D eigenvalue weighted by Gasteiger charge is -2.27. The number of thioether (sulfide) groups is 1. The molecular weight excluding hydrogens is 448 g/mol. The zero-order chi connectivity index (χ0) is 23.5. The number of aliphatic imine (C=N–C) groups is 1. The van der Waals surface area contributed by atoms with Crippen molar-refractivity contribution in [3.63, 3.8) is 0 Å². The number of nitrogens with zero attached hydrogens (tertiary/aromatic N) is 4. The monoisotopic (exact) mass is 474 g/mol. The normalized spacial score (nSPS) is 19.0. The van der Waals surface area contributed by atoms with Gasteiger partial charge in [-0.15, -0.1) is 0 Å². The average molecular weight is 475 g/mol. The topological polar surface area (TPSA) is 67.1 Å². The van der Waals surface area contributed by atoms with Crippen molar-refractivity contribution in [3.8, 4) is 0 Å². The van der Waals surface area contributed by atoms with Crippen molar-refractivity contribution >= 4 is 51.4 Å². The number of fused-ring (bicyclic) bond motifs is 1. The van der Waals surface area contributed by atoms with E-state index in [4.69, 9.17) is 4.74 Å². The van der Waals surface area contributed by atoms with E-state index in [9.17, 15) is 9.59 Å². The third-order valence-electron chi connectivity index (χ3n) is 5.96. The average Bonchev–Trinajstić information content (AvgIpc) is 3.37. The molecule has 7 nitrogen and oxygen atoms in total. The van der Waals surface area contributed by atoms with E-state index in [1.54, 1.807) is 4.90 Å². The number of likely N-dealkylation sites (N-methyl/N-ethyl adjacent to an activating group) is 1. The van der Waals surface area contributed by atoms with Crippen LogP contribution >= 0.6 is 11.8 Å². The van der Waals surface area contributed by atoms with Crippen LogP contribution in [-0.2, 0) is 20.9 Å². The Hall–Kier alpha value is -3.36. The Bertz CT molecular complexity index is 1280. The molecule has 5 rings (SSSR count). The third kappa shape index (κ3) is 4.51. The summed E-state index contributed by atoms with van der Waals surface area (Å²) in [6.07, 6.45) is 3.88. The number of carbonyl (C=O) groups excluding carboxylic acids is 2. The lowest BCUT2D eigenvalue weighted by Crippen LogP contribution is -2.42. The number of amides is 2. The lowest BCUT2D eigenvalue weighted by atomic mass is 10.1. The number of aromatic nitrogens is 1. The molecule has 2 aliphatic heterocycles. The second-order valence-electron chi connectivity index (χ2n) is 8.11. The summed E-state index contributed by atoms with van der Waals surface area (Å²) in [5.41, 5.74) is 2.70. The van der Waals surface area contributed by atoms with Gasteiger partial charge in [-0.2, -0.15) is 0 Å². The summed E-state index contributed by atoms with van der Waals surface area (Å²) in [5.74, 6) is 0.0208. The van der Waals surface area contributed by atoms with Crippen LogP contribution in [0.5, 0.6) is 0 Å². The number of carbonyl (C=O) groups is 2. The fourth-order valence-corrected chi connectivity index (χ4v) is 5.26. The second kappa shape index (κ2) is 9.87. The van der Waals surface area contributed by atoms with Crippen molar-refractivity contribution in [2.75, 3.05) is 32.8 Å². The number of amidine groups is 1. The maximum atomic E-state index is 13.1. The number of morpholine rings is 1. The molecule has 0 aliphatic carbocycles. The summed E-state index contributed by atoms with van der Waals surface area (Å²) >= 11 is 1.38. The molecule has 3 aromatic rings. The minimum atomic E-state index is -0.0524. The molecule has 2 amide bonds. The predicted octanol–water partition coefficient (Wildman–Crippen LogP) is 4.12. The third-order valence-corrected chi connectivity index (χ3v) is 6.97. The zero-order valence-electron chi connectivity index (χ0n) is 19.0. The SMILES string of the molecule is CCN1C(=O)/C(=C/c2cn(CC(=O)N3CCOCC3)c3ccccc23)SC1=Nc1ccccc1. The lowest BCUT2D eigenvalue weighted by molar-refractivity contribution is -0.135. The molecule has 34 heavy (non-hydrogen) atoms. The molecule has 1 aromatic heterocycles. The second-order valence-corrected chi connectivity index (χ2v) is 9.12. The Morgan fingerprint density at radius 1 is 1.09 bits per heavy atom. The van der Waals surface area contributed by atoms with E-state index in [-0.39, 0.29) is 18.4 Å². The first kappa shape index (κ1) is 22.4. The molecule has 0 radical (unpaired) electrons. The Morgan fingerprint density at radius 3 is 2.59 bits per heavy atom. The van der Waals surface area contributed by atoms with Crippen LogP contribution in [0.4, 0.5) is 5.69 Å². The quantitative estimate of drug-likeness (QED) is 0.522. The van der Waals surface area contributed by atoms with Gasteiger partial charge in [0.25, 0.3) is 5.91 Å². The number of ether oxygens (including phenoxy) is 1. The molecule has 0 N–H and O–H groups in total. The number of hydrogen-bond acceptors (Lipinski definition) is 5. The van der Waals surface area contributed by atoms with Gasteiger partial charge in [-0.25, -0.2) is 4.99 Å². The summed E-state index contributed by atoms with van der Waals surface area (Å²) in [6.45, 7) is 5.15. The van der Waals surface area contributed by atoms with Gasteiger partial charge in [-0.05, 0) is 43.0 Å². The van der Waals surface area contributed by atoms with Crippen molar-refractivity contribution < 1.29 is 14.3 Å². The van der Waals surface area contributed by atoms with E-state index >= 15 is 0 Å². The Balaban J connectivity index is 1.46. The standard InChI is InChI=1S/C26H26N4O3S/c1-2-30-25(32)23(34-26(30)27-20-8-4-3-5-9-20)16-19-17-29(22-11-7-6-10-21(19)22)18-24(31)28-12-14-33-15-13-28/h3-11,16-17H,2,12-15,18H2,1H3/b23-16-,27-26?. The van der Waals surface area contributed by atoms with Crippen LogP contribution in [-0.4, -0.2) is 64.2 Å². The van der Waals surface area contributed by atoms with Gasteiger partial charge in [-0.1, -0.05) is 36.4 Å². The Kier molecular flexibility index (Phi) is 6.51. The van der Waals surface area contributed by atoms with E-state index in [1.807, 2.05) is 83.3 Å². The van der Waals surface area contributed by atoms with Gasteiger partial charge in [-0.3, -0.25) is 14.5 Å². The fourth-order valence-electron chi connectivity index (χ4n) is 4.20. The predicted molar refractivity (Wildman–Crippen MR) is 136 cm³/mol. The van der Waals surface area contributed by atoms with Crippen molar-refractivity contribution in [2.45, 2.75) is 13.5 Å². The van der Waals surface area contributed by atoms with Crippen molar-refractivity contribution in [1.29, 1.82) is 0 Å². The Labute approximate surface area is 202 Å². The summed E-state index contributed by atoms with van der Waals surface area (Å²) in [4.78, 5) is 34.9. The summed E-state index contributed by atoms with van der Waals surface area (Å²) < 4.78 is 7.34. The molecule has 174 valence electrons. The van der Waals surface area contributed by atoms with Crippen LogP contribution in [0.2, 0.25) is 0 Å². The number of benzene rings is 2. The summed E-state index contributed by atoms with van der Waals surface area (Å²) in [7, 11) is 0. The molecule has 2 aromatic carbocycles. The van der Waals surface area contributed by atoms with Gasteiger partial charge in [0.15, 0.2) is 5.17 Å². The maximum Gasteiger partial charge on any atom is 0.266 e. The minimum Gasteiger partial charge on any atom is -0.378 e. The highest BCUT2D eigenvalue weighted by Gasteiger charge is 2.32. The number of rotatable bonds is 5. The van der Waals surface area contributed by atoms with Crippen LogP contribution in [0, 0.1) is 0 Å². The molecule has 0 bridgehead atoms. The molecule has 8 heteroatoms. The first-order chi connectivity index (χ1) is 16.6. The van der Waals surface area contributed by atoms with E-state index in [1.165, 1.54) is 11.8 Å². The fraction of sp³-hybridized carbons (Fsp3) is 0.269. The first-order valence-corrected chi connectivity index (χ1v) is 12.2. The van der Waals surface area contributed by atoms with E-state index in [0.29, 0.717) is 42.9 Å². The van der Waals surface area contributed by atoms with E-state index < -0.39 is 0 Å². The molecule has 2 saturated heterocycles. The molecular formula is C26H26N4O3S. The van der Waals surface area contributed by atoms with Crippen LogP contribution in [0.25, 0.3) is 17.0 Å². The smallest absolute Gasteiger partial charge is 0.266 e. The molecule has 0 atom stereocenters. The summed E-state index contributed by atoms with van der Waals surface area (Å²) in [5, 5.41) is 1.69. The van der Waals surface area contributed by atoms with Gasteiger partial charge in [0.05, 0.1) is 23.8 Å². The van der Waals surface area contributed by atoms with Gasteiger partial charge in [0, 0.05) is 42.3 Å². The molecule has 3 heterocycles. The Morgan fingerprint density at radius 2 is 1.82 bits per heavy atom. The minimum absolute atomic E-state index is 0.0524. The molecule has 0 spiro atoms. The van der Waals surface area contributed by atoms with E-state index in [2.05, 4.69) is 4.99 Å². The first-order valence-electron chi connectivity index (χ1n) is 11.4. The largest absolute Gasteiger partial charge is 0.378 e.